The smallest absolute Gasteiger partial charge is 0.342 e. The summed E-state index contributed by atoms with van der Waals surface area (Å²) in [7, 11) is 5.51. The third kappa shape index (κ3) is 5.77. The van der Waals surface area contributed by atoms with Gasteiger partial charge in [-0.15, -0.1) is 0 Å². The van der Waals surface area contributed by atoms with E-state index in [0.29, 0.717) is 17.9 Å². The van der Waals surface area contributed by atoms with Crippen LogP contribution in [0.1, 0.15) is 30.6 Å². The summed E-state index contributed by atoms with van der Waals surface area (Å²) in [5, 5.41) is 2.53. The van der Waals surface area contributed by atoms with Crippen LogP contribution in [-0.2, 0) is 19.1 Å². The molecule has 0 saturated heterocycles. The molecule has 1 N–H and O–H groups in total. The molecule has 156 valence electrons. The minimum atomic E-state index is -0.822. The number of carbonyl (C=O) groups is 3. The number of rotatable bonds is 10. The minimum absolute atomic E-state index is 0.0689. The molecule has 0 aliphatic carbocycles. The molecule has 9 nitrogen and oxygen atoms in total. The van der Waals surface area contributed by atoms with Gasteiger partial charge in [-0.3, -0.25) is 4.79 Å². The first-order chi connectivity index (χ1) is 13.3. The molecule has 0 saturated carbocycles. The van der Waals surface area contributed by atoms with Crippen molar-refractivity contribution in [1.82, 2.24) is 5.32 Å². The maximum atomic E-state index is 12.4. The highest BCUT2D eigenvalue weighted by Crippen LogP contribution is 2.34. The molecule has 1 rings (SSSR count). The molecule has 0 aliphatic rings. The number of carbonyl (C=O) groups excluding carboxylic acids is 3. The van der Waals surface area contributed by atoms with E-state index in [0.717, 1.165) is 0 Å². The number of nitrogens with one attached hydrogen (secondary N) is 1. The van der Waals surface area contributed by atoms with Crippen LogP contribution < -0.4 is 19.5 Å². The molecule has 0 aliphatic heterocycles. The summed E-state index contributed by atoms with van der Waals surface area (Å²) in [6, 6.07) is 2.05. The van der Waals surface area contributed by atoms with Gasteiger partial charge < -0.3 is 29.0 Å². The van der Waals surface area contributed by atoms with E-state index >= 15 is 0 Å². The van der Waals surface area contributed by atoms with Gasteiger partial charge in [0.1, 0.15) is 17.4 Å². The second-order valence-electron chi connectivity index (χ2n) is 5.94. The molecule has 0 fully saturated rings. The summed E-state index contributed by atoms with van der Waals surface area (Å²) in [5.41, 5.74) is 0.0689. The van der Waals surface area contributed by atoms with Gasteiger partial charge in [-0.1, -0.05) is 20.3 Å². The van der Waals surface area contributed by atoms with Crippen LogP contribution in [0.3, 0.4) is 0 Å². The van der Waals surface area contributed by atoms with Crippen LogP contribution in [0.5, 0.6) is 17.2 Å². The molecular formula is C19H27NO8. The Bertz CT molecular complexity index is 703. The normalized spacial score (nSPS) is 12.4. The van der Waals surface area contributed by atoms with E-state index in [4.69, 9.17) is 23.7 Å². The average molecular weight is 397 g/mol. The zero-order valence-corrected chi connectivity index (χ0v) is 17.0. The fourth-order valence-corrected chi connectivity index (χ4v) is 2.41. The summed E-state index contributed by atoms with van der Waals surface area (Å²) in [6.07, 6.45) is 0.655. The maximum Gasteiger partial charge on any atom is 0.342 e. The van der Waals surface area contributed by atoms with Crippen LogP contribution in [0, 0.1) is 5.92 Å². The maximum absolute atomic E-state index is 12.4. The molecule has 0 aromatic heterocycles. The molecule has 0 heterocycles. The molecule has 2 atom stereocenters. The largest absolute Gasteiger partial charge is 0.496 e. The third-order valence-corrected chi connectivity index (χ3v) is 4.24. The Morgan fingerprint density at radius 1 is 0.964 bits per heavy atom. The summed E-state index contributed by atoms with van der Waals surface area (Å²) in [5.74, 6) is -1.22. The lowest BCUT2D eigenvalue weighted by molar-refractivity contribution is -0.147. The van der Waals surface area contributed by atoms with Gasteiger partial charge in [-0.25, -0.2) is 9.59 Å². The monoisotopic (exact) mass is 397 g/mol. The fourth-order valence-electron chi connectivity index (χ4n) is 2.41. The lowest BCUT2D eigenvalue weighted by Gasteiger charge is -2.21. The molecule has 0 spiro atoms. The zero-order valence-electron chi connectivity index (χ0n) is 17.0. The highest BCUT2D eigenvalue weighted by atomic mass is 16.5. The Labute approximate surface area is 164 Å². The molecule has 0 radical (unpaired) electrons. The highest BCUT2D eigenvalue weighted by molar-refractivity contribution is 5.95. The number of amides is 1. The molecule has 1 aromatic carbocycles. The first kappa shape index (κ1) is 23.1. The van der Waals surface area contributed by atoms with Crippen molar-refractivity contribution in [1.29, 1.82) is 0 Å². The first-order valence-electron chi connectivity index (χ1n) is 8.67. The molecule has 0 bridgehead atoms. The van der Waals surface area contributed by atoms with Crippen molar-refractivity contribution in [3.63, 3.8) is 0 Å². The van der Waals surface area contributed by atoms with Crippen LogP contribution >= 0.6 is 0 Å². The summed E-state index contributed by atoms with van der Waals surface area (Å²) >= 11 is 0. The van der Waals surface area contributed by atoms with E-state index in [1.165, 1.54) is 40.6 Å². The van der Waals surface area contributed by atoms with E-state index < -0.39 is 30.5 Å². The van der Waals surface area contributed by atoms with E-state index in [2.05, 4.69) is 5.32 Å². The second kappa shape index (κ2) is 11.0. The Morgan fingerprint density at radius 2 is 1.54 bits per heavy atom. The van der Waals surface area contributed by atoms with Crippen molar-refractivity contribution in [2.45, 2.75) is 26.3 Å². The second-order valence-corrected chi connectivity index (χ2v) is 5.94. The van der Waals surface area contributed by atoms with Crippen LogP contribution in [0.15, 0.2) is 12.1 Å². The van der Waals surface area contributed by atoms with Crippen molar-refractivity contribution in [3.05, 3.63) is 17.7 Å². The molecule has 9 heteroatoms. The van der Waals surface area contributed by atoms with Crippen LogP contribution in [0.4, 0.5) is 0 Å². The molecular weight excluding hydrogens is 370 g/mol. The topological polar surface area (TPSA) is 109 Å². The number of benzene rings is 1. The van der Waals surface area contributed by atoms with Crippen molar-refractivity contribution < 1.29 is 38.1 Å². The summed E-state index contributed by atoms with van der Waals surface area (Å²) in [4.78, 5) is 36.4. The van der Waals surface area contributed by atoms with Crippen LogP contribution in [0.2, 0.25) is 0 Å². The van der Waals surface area contributed by atoms with Gasteiger partial charge >= 0.3 is 11.9 Å². The molecule has 1 aromatic rings. The SMILES string of the molecule is CC[C@H](C)[C@@H](NC(=O)COC(=O)c1cc(OC)c(OC)cc1OC)C(=O)OC. The Morgan fingerprint density at radius 3 is 2.04 bits per heavy atom. The standard InChI is InChI=1S/C19H27NO8/c1-7-11(2)17(19(23)27-6)20-16(21)10-28-18(22)12-8-14(25-4)15(26-5)9-13(12)24-3/h8-9,11,17H,7,10H2,1-6H3,(H,20,21)/t11-,17+/m0/s1. The lowest BCUT2D eigenvalue weighted by atomic mass is 9.99. The van der Waals surface area contributed by atoms with Gasteiger partial charge in [-0.05, 0) is 5.92 Å². The average Bonchev–Trinajstić information content (AvgIpc) is 2.73. The van der Waals surface area contributed by atoms with E-state index in [1.54, 1.807) is 0 Å². The predicted molar refractivity (Wildman–Crippen MR) is 99.8 cm³/mol. The third-order valence-electron chi connectivity index (χ3n) is 4.24. The van der Waals surface area contributed by atoms with Crippen molar-refractivity contribution in [2.75, 3.05) is 35.0 Å². The van der Waals surface area contributed by atoms with Gasteiger partial charge in [0.15, 0.2) is 18.1 Å². The molecule has 0 unspecified atom stereocenters. The van der Waals surface area contributed by atoms with Gasteiger partial charge in [0.2, 0.25) is 0 Å². The van der Waals surface area contributed by atoms with Gasteiger partial charge in [0.05, 0.1) is 28.4 Å². The minimum Gasteiger partial charge on any atom is -0.496 e. The molecule has 1 amide bonds. The van der Waals surface area contributed by atoms with E-state index in [-0.39, 0.29) is 17.2 Å². The van der Waals surface area contributed by atoms with E-state index in [9.17, 15) is 14.4 Å². The number of esters is 2. The zero-order chi connectivity index (χ0) is 21.3. The lowest BCUT2D eigenvalue weighted by Crippen LogP contribution is -2.47. The van der Waals surface area contributed by atoms with E-state index in [1.807, 2.05) is 13.8 Å². The summed E-state index contributed by atoms with van der Waals surface area (Å²) in [6.45, 7) is 3.12. The Kier molecular flexibility index (Phi) is 9.07. The van der Waals surface area contributed by atoms with Gasteiger partial charge in [0, 0.05) is 12.1 Å². The Hall–Kier alpha value is -2.97. The van der Waals surface area contributed by atoms with Gasteiger partial charge in [0.25, 0.3) is 5.91 Å². The van der Waals surface area contributed by atoms with Crippen molar-refractivity contribution in [3.8, 4) is 17.2 Å². The highest BCUT2D eigenvalue weighted by Gasteiger charge is 2.27. The van der Waals surface area contributed by atoms with Crippen LogP contribution in [-0.4, -0.2) is 58.9 Å². The molecule has 28 heavy (non-hydrogen) atoms. The summed E-state index contributed by atoms with van der Waals surface area (Å²) < 4.78 is 25.3. The number of hydrogen-bond donors (Lipinski definition) is 1. The number of ether oxygens (including phenoxy) is 5. The first-order valence-corrected chi connectivity index (χ1v) is 8.67. The van der Waals surface area contributed by atoms with Crippen molar-refractivity contribution in [2.24, 2.45) is 5.92 Å². The van der Waals surface area contributed by atoms with Crippen molar-refractivity contribution >= 4 is 17.8 Å². The Balaban J connectivity index is 2.85. The number of methoxy groups -OCH3 is 4. The van der Waals surface area contributed by atoms with Crippen LogP contribution in [0.25, 0.3) is 0 Å². The predicted octanol–water partition coefficient (Wildman–Crippen LogP) is 1.57. The van der Waals surface area contributed by atoms with Gasteiger partial charge in [-0.2, -0.15) is 0 Å². The number of hydrogen-bond acceptors (Lipinski definition) is 8. The fraction of sp³-hybridized carbons (Fsp3) is 0.526. The quantitative estimate of drug-likeness (QED) is 0.593.